The summed E-state index contributed by atoms with van der Waals surface area (Å²) in [5, 5.41) is 10.2. The summed E-state index contributed by atoms with van der Waals surface area (Å²) in [6.45, 7) is 1.25. The van der Waals surface area contributed by atoms with Crippen molar-refractivity contribution in [3.05, 3.63) is 79.1 Å². The smallest absolute Gasteiger partial charge is 0.323 e. The Labute approximate surface area is 191 Å². The average Bonchev–Trinajstić information content (AvgIpc) is 3.37. The largest absolute Gasteiger partial charge is 0.480 e. The van der Waals surface area contributed by atoms with Gasteiger partial charge in [-0.15, -0.1) is 11.3 Å². The Bertz CT molecular complexity index is 1370. The van der Waals surface area contributed by atoms with E-state index in [1.54, 1.807) is 43.5 Å². The lowest BCUT2D eigenvalue weighted by molar-refractivity contribution is -0.135. The molecule has 4 rings (SSSR count). The number of thiophene rings is 1. The average molecular weight is 471 g/mol. The van der Waals surface area contributed by atoms with Gasteiger partial charge in [0.05, 0.1) is 10.3 Å². The second-order valence-electron chi connectivity index (χ2n) is 7.22. The zero-order chi connectivity index (χ0) is 22.8. The predicted molar refractivity (Wildman–Crippen MR) is 124 cm³/mol. The van der Waals surface area contributed by atoms with Crippen molar-refractivity contribution in [3.63, 3.8) is 0 Å². The molecular weight excluding hydrogens is 452 g/mol. The molecule has 0 bridgehead atoms. The Kier molecular flexibility index (Phi) is 6.11. The molecule has 0 aliphatic heterocycles. The third-order valence-corrected chi connectivity index (χ3v) is 6.28. The number of aliphatic carboxylic acids is 1. The number of aromatic nitrogens is 3. The maximum atomic E-state index is 13.1. The van der Waals surface area contributed by atoms with Crippen LogP contribution in [0.5, 0.6) is 0 Å². The maximum Gasteiger partial charge on any atom is 0.323 e. The number of anilines is 1. The van der Waals surface area contributed by atoms with Crippen LogP contribution >= 0.6 is 22.9 Å². The molecule has 1 aromatic carbocycles. The molecule has 0 fully saturated rings. The summed E-state index contributed by atoms with van der Waals surface area (Å²) < 4.78 is 0. The molecule has 8 nitrogen and oxygen atoms in total. The van der Waals surface area contributed by atoms with E-state index in [1.807, 2.05) is 6.07 Å². The number of carbonyl (C=O) groups is 2. The Hall–Kier alpha value is -3.43. The van der Waals surface area contributed by atoms with E-state index < -0.39 is 18.4 Å². The van der Waals surface area contributed by atoms with Gasteiger partial charge in [-0.25, -0.2) is 4.98 Å². The number of aromatic amines is 2. The van der Waals surface area contributed by atoms with Crippen molar-refractivity contribution in [1.82, 2.24) is 15.0 Å². The van der Waals surface area contributed by atoms with Crippen molar-refractivity contribution >= 4 is 51.5 Å². The number of halogens is 1. The van der Waals surface area contributed by atoms with Crippen LogP contribution in [0.25, 0.3) is 11.0 Å². The van der Waals surface area contributed by atoms with E-state index in [0.717, 1.165) is 10.4 Å². The van der Waals surface area contributed by atoms with Crippen molar-refractivity contribution in [2.75, 3.05) is 11.4 Å². The molecule has 3 N–H and O–H groups in total. The molecule has 164 valence electrons. The molecule has 10 heteroatoms. The van der Waals surface area contributed by atoms with Crippen LogP contribution < -0.4 is 10.5 Å². The highest BCUT2D eigenvalue weighted by Gasteiger charge is 2.22. The first-order chi connectivity index (χ1) is 15.3. The van der Waals surface area contributed by atoms with Gasteiger partial charge in [-0.05, 0) is 55.7 Å². The first-order valence-electron chi connectivity index (χ1n) is 9.76. The minimum Gasteiger partial charge on any atom is -0.480 e. The number of hydrogen-bond acceptors (Lipinski definition) is 5. The monoisotopic (exact) mass is 470 g/mol. The van der Waals surface area contributed by atoms with Gasteiger partial charge in [0.15, 0.2) is 0 Å². The number of carboxylic acid groups (broad SMARTS) is 1. The van der Waals surface area contributed by atoms with Gasteiger partial charge in [0, 0.05) is 21.8 Å². The van der Waals surface area contributed by atoms with Crippen LogP contribution in [0.2, 0.25) is 5.02 Å². The normalized spacial score (nSPS) is 11.1. The van der Waals surface area contributed by atoms with E-state index in [-0.39, 0.29) is 5.56 Å². The lowest BCUT2D eigenvalue weighted by Gasteiger charge is -2.20. The summed E-state index contributed by atoms with van der Waals surface area (Å²) in [5.74, 6) is -0.986. The summed E-state index contributed by atoms with van der Waals surface area (Å²) in [6.07, 6.45) is 2.99. The fourth-order valence-electron chi connectivity index (χ4n) is 3.49. The summed E-state index contributed by atoms with van der Waals surface area (Å²) >= 11 is 7.32. The number of H-pyrrole nitrogens is 2. The molecule has 0 unspecified atom stereocenters. The molecule has 0 atom stereocenters. The quantitative estimate of drug-likeness (QED) is 0.379. The van der Waals surface area contributed by atoms with Crippen LogP contribution in [0.3, 0.4) is 0 Å². The number of carbonyl (C=O) groups excluding carboxylic acids is 1. The van der Waals surface area contributed by atoms with Gasteiger partial charge in [-0.2, -0.15) is 0 Å². The molecule has 0 aliphatic carbocycles. The number of benzene rings is 1. The standard InChI is InChI=1S/C22H19ClN4O4S/c1-12-25-20-19(21(30)26-12)13(10-24-20)5-6-16-7-8-17(32-16)22(31)27(11-18(28)29)15-4-2-3-14(23)9-15/h2-4,7-10H,5-6,11H2,1H3,(H,28,29)(H2,24,25,26,30). The second-order valence-corrected chi connectivity index (χ2v) is 8.82. The molecular formula is C22H19ClN4O4S. The van der Waals surface area contributed by atoms with E-state index in [4.69, 9.17) is 11.6 Å². The Morgan fingerprint density at radius 3 is 2.78 bits per heavy atom. The highest BCUT2D eigenvalue weighted by atomic mass is 35.5. The van der Waals surface area contributed by atoms with E-state index in [0.29, 0.717) is 45.3 Å². The number of nitrogens with zero attached hydrogens (tertiary/aromatic N) is 2. The molecule has 1 amide bonds. The van der Waals surface area contributed by atoms with Crippen molar-refractivity contribution in [2.45, 2.75) is 19.8 Å². The highest BCUT2D eigenvalue weighted by Crippen LogP contribution is 2.26. The van der Waals surface area contributed by atoms with Crippen LogP contribution in [-0.4, -0.2) is 38.5 Å². The molecule has 0 saturated heterocycles. The van der Waals surface area contributed by atoms with Gasteiger partial charge in [0.1, 0.15) is 18.0 Å². The van der Waals surface area contributed by atoms with Crippen LogP contribution in [-0.2, 0) is 17.6 Å². The first kappa shape index (κ1) is 21.8. The minimum atomic E-state index is -1.12. The third kappa shape index (κ3) is 4.58. The lowest BCUT2D eigenvalue weighted by atomic mass is 10.1. The molecule has 0 aliphatic rings. The van der Waals surface area contributed by atoms with Crippen LogP contribution in [0.4, 0.5) is 5.69 Å². The summed E-state index contributed by atoms with van der Waals surface area (Å²) in [7, 11) is 0. The second kappa shape index (κ2) is 8.97. The summed E-state index contributed by atoms with van der Waals surface area (Å²) in [4.78, 5) is 49.3. The topological polar surface area (TPSA) is 119 Å². The molecule has 4 aromatic rings. The zero-order valence-electron chi connectivity index (χ0n) is 17.0. The summed E-state index contributed by atoms with van der Waals surface area (Å²) in [6, 6.07) is 10.1. The SMILES string of the molecule is Cc1nc2[nH]cc(CCc3ccc(C(=O)N(CC(=O)O)c4cccc(Cl)c4)s3)c2c(=O)[nH]1. The molecule has 0 radical (unpaired) electrons. The highest BCUT2D eigenvalue weighted by molar-refractivity contribution is 7.14. The van der Waals surface area contributed by atoms with Gasteiger partial charge in [0.25, 0.3) is 11.5 Å². The Morgan fingerprint density at radius 1 is 1.22 bits per heavy atom. The van der Waals surface area contributed by atoms with Gasteiger partial charge in [-0.1, -0.05) is 17.7 Å². The number of rotatable bonds is 7. The lowest BCUT2D eigenvalue weighted by Crippen LogP contribution is -2.35. The van der Waals surface area contributed by atoms with Gasteiger partial charge in [0.2, 0.25) is 0 Å². The third-order valence-electron chi connectivity index (χ3n) is 4.91. The molecule has 0 saturated carbocycles. The number of carboxylic acids is 1. The number of fused-ring (bicyclic) bond motifs is 1. The van der Waals surface area contributed by atoms with Crippen molar-refractivity contribution in [3.8, 4) is 0 Å². The van der Waals surface area contributed by atoms with E-state index in [1.165, 1.54) is 16.2 Å². The van der Waals surface area contributed by atoms with Crippen LogP contribution in [0, 0.1) is 6.92 Å². The number of nitrogens with one attached hydrogen (secondary N) is 2. The Balaban J connectivity index is 1.53. The minimum absolute atomic E-state index is 0.184. The van der Waals surface area contributed by atoms with Crippen molar-refractivity contribution in [1.29, 1.82) is 0 Å². The molecule has 3 heterocycles. The van der Waals surface area contributed by atoms with Gasteiger partial charge < -0.3 is 15.1 Å². The zero-order valence-corrected chi connectivity index (χ0v) is 18.6. The molecule has 0 spiro atoms. The van der Waals surface area contributed by atoms with E-state index in [9.17, 15) is 19.5 Å². The van der Waals surface area contributed by atoms with Gasteiger partial charge >= 0.3 is 5.97 Å². The fourth-order valence-corrected chi connectivity index (χ4v) is 4.63. The van der Waals surface area contributed by atoms with E-state index >= 15 is 0 Å². The molecule has 3 aromatic heterocycles. The van der Waals surface area contributed by atoms with E-state index in [2.05, 4.69) is 15.0 Å². The summed E-state index contributed by atoms with van der Waals surface area (Å²) in [5.41, 5.74) is 1.63. The fraction of sp³-hybridized carbons (Fsp3) is 0.182. The predicted octanol–water partition coefficient (Wildman–Crippen LogP) is 3.79. The van der Waals surface area contributed by atoms with Crippen LogP contribution in [0.1, 0.15) is 25.9 Å². The number of hydrogen-bond donors (Lipinski definition) is 3. The Morgan fingerprint density at radius 2 is 2.03 bits per heavy atom. The number of amides is 1. The first-order valence-corrected chi connectivity index (χ1v) is 11.0. The number of aryl methyl sites for hydroxylation is 3. The van der Waals surface area contributed by atoms with Crippen molar-refractivity contribution in [2.24, 2.45) is 0 Å². The molecule has 32 heavy (non-hydrogen) atoms. The van der Waals surface area contributed by atoms with Crippen LogP contribution in [0.15, 0.2) is 47.4 Å². The van der Waals surface area contributed by atoms with Crippen molar-refractivity contribution < 1.29 is 14.7 Å². The van der Waals surface area contributed by atoms with Gasteiger partial charge in [-0.3, -0.25) is 19.3 Å². The maximum absolute atomic E-state index is 13.1.